The fourth-order valence-corrected chi connectivity index (χ4v) is 4.00. The number of rotatable bonds is 9. The summed E-state index contributed by atoms with van der Waals surface area (Å²) in [5.74, 6) is -0.164. The second-order valence-corrected chi connectivity index (χ2v) is 9.27. The lowest BCUT2D eigenvalue weighted by atomic mass is 10.0. The number of nitrogens with zero attached hydrogens (tertiary/aromatic N) is 2. The monoisotopic (exact) mass is 530 g/mol. The van der Waals surface area contributed by atoms with Crippen molar-refractivity contribution in [3.8, 4) is 11.3 Å². The Hall–Kier alpha value is -3.69. The minimum atomic E-state index is -0.860. The van der Waals surface area contributed by atoms with E-state index >= 15 is 0 Å². The number of halogens is 2. The smallest absolute Gasteiger partial charge is 0.273 e. The summed E-state index contributed by atoms with van der Waals surface area (Å²) in [4.78, 5) is 36.2. The van der Waals surface area contributed by atoms with Crippen molar-refractivity contribution >= 4 is 46.9 Å². The highest BCUT2D eigenvalue weighted by Gasteiger charge is 2.23. The average molecular weight is 531 g/mol. The van der Waals surface area contributed by atoms with Crippen molar-refractivity contribution in [2.24, 2.45) is 11.0 Å². The Morgan fingerprint density at radius 2 is 1.92 bits per heavy atom. The fraction of sp³-hybridized carbons (Fsp3) is 0.240. The van der Waals surface area contributed by atoms with Crippen LogP contribution in [0.2, 0.25) is 10.0 Å². The number of carbonyl (C=O) groups excluding carboxylic acids is 2. The Kier molecular flexibility index (Phi) is 8.84. The number of nitro benzene ring substituents is 1. The van der Waals surface area contributed by atoms with E-state index in [1.165, 1.54) is 30.5 Å². The fourth-order valence-electron chi connectivity index (χ4n) is 3.51. The zero-order valence-electron chi connectivity index (χ0n) is 19.7. The van der Waals surface area contributed by atoms with E-state index in [2.05, 4.69) is 15.8 Å². The van der Waals surface area contributed by atoms with Gasteiger partial charge in [0.2, 0.25) is 0 Å². The van der Waals surface area contributed by atoms with Gasteiger partial charge in [-0.1, -0.05) is 49.2 Å². The van der Waals surface area contributed by atoms with E-state index in [4.69, 9.17) is 27.6 Å². The van der Waals surface area contributed by atoms with Crippen molar-refractivity contribution in [3.05, 3.63) is 85.6 Å². The molecule has 0 unspecified atom stereocenters. The summed E-state index contributed by atoms with van der Waals surface area (Å²) in [6.07, 6.45) is 1.67. The van der Waals surface area contributed by atoms with Crippen LogP contribution in [0.3, 0.4) is 0 Å². The van der Waals surface area contributed by atoms with Gasteiger partial charge in [-0.3, -0.25) is 19.7 Å². The molecule has 0 fully saturated rings. The first-order chi connectivity index (χ1) is 17.1. The number of amides is 2. The lowest BCUT2D eigenvalue weighted by Crippen LogP contribution is -2.46. The number of hydrogen-bond acceptors (Lipinski definition) is 6. The predicted molar refractivity (Wildman–Crippen MR) is 138 cm³/mol. The highest BCUT2D eigenvalue weighted by Crippen LogP contribution is 2.30. The van der Waals surface area contributed by atoms with E-state index in [-0.39, 0.29) is 22.2 Å². The normalized spacial score (nSPS) is 12.1. The first-order valence-corrected chi connectivity index (χ1v) is 11.8. The van der Waals surface area contributed by atoms with Gasteiger partial charge in [-0.2, -0.15) is 5.10 Å². The topological polar surface area (TPSA) is 127 Å². The van der Waals surface area contributed by atoms with Gasteiger partial charge in [0.1, 0.15) is 17.6 Å². The van der Waals surface area contributed by atoms with Gasteiger partial charge in [-0.25, -0.2) is 5.43 Å². The second-order valence-electron chi connectivity index (χ2n) is 8.42. The highest BCUT2D eigenvalue weighted by atomic mass is 35.5. The maximum atomic E-state index is 12.8. The molecule has 0 bridgehead atoms. The van der Waals surface area contributed by atoms with E-state index in [1.54, 1.807) is 31.2 Å². The first-order valence-electron chi connectivity index (χ1n) is 11.0. The largest absolute Gasteiger partial charge is 0.455 e. The summed E-state index contributed by atoms with van der Waals surface area (Å²) in [6, 6.07) is 11.6. The summed E-state index contributed by atoms with van der Waals surface area (Å²) < 4.78 is 5.72. The van der Waals surface area contributed by atoms with Gasteiger partial charge in [0.05, 0.1) is 21.7 Å². The van der Waals surface area contributed by atoms with Crippen LogP contribution in [0, 0.1) is 23.0 Å². The van der Waals surface area contributed by atoms with Crippen LogP contribution in [0.4, 0.5) is 5.69 Å². The molecule has 0 spiro atoms. The summed E-state index contributed by atoms with van der Waals surface area (Å²) in [5, 5.41) is 18.4. The molecule has 1 atom stereocenters. The number of furan rings is 1. The standard InChI is InChI=1S/C25H24Cl2N4O5/c1-14(2)11-21(29-24(32)19-9-7-16(26)12-20(19)27)25(33)30-28-13-17-8-10-23(36-17)18-5-4-6-22(15(18)3)31(34)35/h4-10,12-14,21H,11H2,1-3H3,(H,29,32)(H,30,33)/b28-13+/t21-/m1/s1. The summed E-state index contributed by atoms with van der Waals surface area (Å²) >= 11 is 12.0. The molecular weight excluding hydrogens is 507 g/mol. The Morgan fingerprint density at radius 1 is 1.17 bits per heavy atom. The molecule has 3 aromatic rings. The second kappa shape index (κ2) is 11.8. The molecule has 0 saturated carbocycles. The number of nitrogens with one attached hydrogen (secondary N) is 2. The Bertz CT molecular complexity index is 1320. The van der Waals surface area contributed by atoms with Gasteiger partial charge in [-0.05, 0) is 49.6 Å². The van der Waals surface area contributed by atoms with Crippen molar-refractivity contribution in [2.45, 2.75) is 33.2 Å². The van der Waals surface area contributed by atoms with Crippen molar-refractivity contribution in [1.82, 2.24) is 10.7 Å². The first kappa shape index (κ1) is 26.9. The van der Waals surface area contributed by atoms with Crippen LogP contribution in [0.25, 0.3) is 11.3 Å². The third-order valence-corrected chi connectivity index (χ3v) is 5.81. The van der Waals surface area contributed by atoms with Crippen LogP contribution in [0.5, 0.6) is 0 Å². The highest BCUT2D eigenvalue weighted by molar-refractivity contribution is 6.36. The van der Waals surface area contributed by atoms with Crippen LogP contribution in [-0.4, -0.2) is 29.0 Å². The number of nitro groups is 1. The van der Waals surface area contributed by atoms with E-state index in [0.717, 1.165) is 0 Å². The molecular formula is C25H24Cl2N4O5. The molecule has 0 aliphatic rings. The van der Waals surface area contributed by atoms with Crippen molar-refractivity contribution in [1.29, 1.82) is 0 Å². The van der Waals surface area contributed by atoms with Gasteiger partial charge in [0.25, 0.3) is 17.5 Å². The van der Waals surface area contributed by atoms with Gasteiger partial charge in [-0.15, -0.1) is 0 Å². The number of carbonyl (C=O) groups is 2. The van der Waals surface area contributed by atoms with Gasteiger partial charge in [0, 0.05) is 22.2 Å². The molecule has 2 amide bonds. The molecule has 3 rings (SSSR count). The van der Waals surface area contributed by atoms with E-state index in [9.17, 15) is 19.7 Å². The molecule has 0 aliphatic carbocycles. The summed E-state index contributed by atoms with van der Waals surface area (Å²) in [6.45, 7) is 5.49. The third-order valence-electron chi connectivity index (χ3n) is 5.27. The molecule has 11 heteroatoms. The minimum absolute atomic E-state index is 0.00971. The number of hydrazone groups is 1. The van der Waals surface area contributed by atoms with Crippen LogP contribution in [-0.2, 0) is 4.79 Å². The quantitative estimate of drug-likeness (QED) is 0.206. The van der Waals surface area contributed by atoms with Gasteiger partial charge in [0.15, 0.2) is 0 Å². The molecule has 2 N–H and O–H groups in total. The Labute approximate surface area is 217 Å². The van der Waals surface area contributed by atoms with Crippen LogP contribution in [0.15, 0.2) is 58.0 Å². The number of hydrogen-bond donors (Lipinski definition) is 2. The maximum absolute atomic E-state index is 12.8. The molecule has 0 aliphatic heterocycles. The van der Waals surface area contributed by atoms with Gasteiger partial charge >= 0.3 is 0 Å². The zero-order valence-corrected chi connectivity index (χ0v) is 21.3. The van der Waals surface area contributed by atoms with Crippen molar-refractivity contribution < 1.29 is 18.9 Å². The van der Waals surface area contributed by atoms with Gasteiger partial charge < -0.3 is 9.73 Å². The average Bonchev–Trinajstić information content (AvgIpc) is 3.26. The molecule has 9 nitrogen and oxygen atoms in total. The molecule has 0 radical (unpaired) electrons. The molecule has 1 heterocycles. The SMILES string of the molecule is Cc1c(-c2ccc(/C=N/NC(=O)[C@@H](CC(C)C)NC(=O)c3ccc(Cl)cc3Cl)o2)cccc1[N+](=O)[O-]. The Morgan fingerprint density at radius 3 is 2.58 bits per heavy atom. The Balaban J connectivity index is 1.69. The van der Waals surface area contributed by atoms with Crippen molar-refractivity contribution in [3.63, 3.8) is 0 Å². The van der Waals surface area contributed by atoms with Crippen LogP contribution < -0.4 is 10.7 Å². The minimum Gasteiger partial charge on any atom is -0.455 e. The molecule has 2 aromatic carbocycles. The van der Waals surface area contributed by atoms with Crippen molar-refractivity contribution in [2.75, 3.05) is 0 Å². The summed E-state index contributed by atoms with van der Waals surface area (Å²) in [5.41, 5.74) is 3.66. The molecule has 1 aromatic heterocycles. The van der Waals surface area contributed by atoms with Crippen LogP contribution >= 0.6 is 23.2 Å². The van der Waals surface area contributed by atoms with E-state index in [0.29, 0.717) is 34.1 Å². The zero-order chi connectivity index (χ0) is 26.4. The third kappa shape index (κ3) is 6.71. The van der Waals surface area contributed by atoms with E-state index < -0.39 is 22.8 Å². The number of benzene rings is 2. The maximum Gasteiger partial charge on any atom is 0.273 e. The lowest BCUT2D eigenvalue weighted by Gasteiger charge is -2.19. The molecule has 188 valence electrons. The lowest BCUT2D eigenvalue weighted by molar-refractivity contribution is -0.385. The molecule has 36 heavy (non-hydrogen) atoms. The predicted octanol–water partition coefficient (Wildman–Crippen LogP) is 5.76. The van der Waals surface area contributed by atoms with Crippen LogP contribution in [0.1, 0.15) is 41.9 Å². The summed E-state index contributed by atoms with van der Waals surface area (Å²) in [7, 11) is 0. The van der Waals surface area contributed by atoms with E-state index in [1.807, 2.05) is 13.8 Å². The molecule has 0 saturated heterocycles.